The molecule has 0 aliphatic heterocycles. The zero-order valence-corrected chi connectivity index (χ0v) is 11.5. The molecule has 2 N–H and O–H groups in total. The summed E-state index contributed by atoms with van der Waals surface area (Å²) in [7, 11) is 1.64. The van der Waals surface area contributed by atoms with Crippen molar-refractivity contribution in [3.63, 3.8) is 0 Å². The third-order valence-corrected chi connectivity index (χ3v) is 3.99. The molecule has 106 valence electrons. The molecule has 0 saturated heterocycles. The predicted molar refractivity (Wildman–Crippen MR) is 68.9 cm³/mol. The minimum Gasteiger partial charge on any atom is -0.381 e. The van der Waals surface area contributed by atoms with Crippen LogP contribution in [-0.2, 0) is 4.74 Å². The van der Waals surface area contributed by atoms with Crippen molar-refractivity contribution in [3.05, 3.63) is 11.6 Å². The molecule has 3 unspecified atom stereocenters. The van der Waals surface area contributed by atoms with E-state index in [0.717, 1.165) is 0 Å². The molecule has 0 saturated carbocycles. The summed E-state index contributed by atoms with van der Waals surface area (Å²) >= 11 is 0. The zero-order valence-electron chi connectivity index (χ0n) is 11.5. The van der Waals surface area contributed by atoms with Crippen molar-refractivity contribution in [3.8, 4) is 0 Å². The Labute approximate surface area is 109 Å². The van der Waals surface area contributed by atoms with Gasteiger partial charge < -0.3 is 14.9 Å². The largest absolute Gasteiger partial charge is 0.381 e. The van der Waals surface area contributed by atoms with Gasteiger partial charge in [0.1, 0.15) is 5.67 Å². The first kappa shape index (κ1) is 15.6. The number of aliphatic hydroxyl groups is 2. The van der Waals surface area contributed by atoms with Crippen LogP contribution in [0.15, 0.2) is 11.6 Å². The number of rotatable bonds is 5. The van der Waals surface area contributed by atoms with E-state index in [1.54, 1.807) is 14.0 Å². The summed E-state index contributed by atoms with van der Waals surface area (Å²) in [6.45, 7) is 3.46. The van der Waals surface area contributed by atoms with Crippen molar-refractivity contribution in [2.45, 2.75) is 64.0 Å². The summed E-state index contributed by atoms with van der Waals surface area (Å²) < 4.78 is 19.9. The number of hydrogen-bond acceptors (Lipinski definition) is 3. The number of halogens is 1. The third-order valence-electron chi connectivity index (χ3n) is 3.99. The standard InChI is InChI=1S/C14H25FO3/c1-4-10(13(16)17)9-11-5-6-12(18-3)7-8-14(11,2)15/h5,10,12-13,16-17H,4,6-9H2,1-3H3. The summed E-state index contributed by atoms with van der Waals surface area (Å²) in [5.74, 6) is -0.301. The first-order chi connectivity index (χ1) is 8.40. The van der Waals surface area contributed by atoms with Crippen molar-refractivity contribution in [1.82, 2.24) is 0 Å². The van der Waals surface area contributed by atoms with Gasteiger partial charge in [0.25, 0.3) is 0 Å². The van der Waals surface area contributed by atoms with Crippen molar-refractivity contribution >= 4 is 0 Å². The van der Waals surface area contributed by atoms with Gasteiger partial charge in [0, 0.05) is 13.0 Å². The summed E-state index contributed by atoms with van der Waals surface area (Å²) in [6.07, 6.45) is 3.41. The number of aliphatic hydroxyl groups excluding tert-OH is 1. The summed E-state index contributed by atoms with van der Waals surface area (Å²) in [5.41, 5.74) is -0.683. The average Bonchev–Trinajstić information content (AvgIpc) is 2.45. The second-order valence-corrected chi connectivity index (χ2v) is 5.34. The third kappa shape index (κ3) is 4.04. The van der Waals surface area contributed by atoms with Crippen LogP contribution in [0.1, 0.15) is 46.0 Å². The molecule has 0 radical (unpaired) electrons. The highest BCUT2D eigenvalue weighted by Gasteiger charge is 2.33. The van der Waals surface area contributed by atoms with E-state index in [9.17, 15) is 14.6 Å². The van der Waals surface area contributed by atoms with Crippen molar-refractivity contribution in [2.75, 3.05) is 7.11 Å². The normalized spacial score (nSPS) is 31.1. The minimum atomic E-state index is -1.38. The number of allylic oxidation sites excluding steroid dienone is 1. The van der Waals surface area contributed by atoms with Gasteiger partial charge in [0.05, 0.1) is 6.10 Å². The maximum absolute atomic E-state index is 14.6. The average molecular weight is 260 g/mol. The van der Waals surface area contributed by atoms with Crippen molar-refractivity contribution < 1.29 is 19.3 Å². The summed E-state index contributed by atoms with van der Waals surface area (Å²) in [6, 6.07) is 0. The Morgan fingerprint density at radius 3 is 2.72 bits per heavy atom. The monoisotopic (exact) mass is 260 g/mol. The Kier molecular flexibility index (Phi) is 5.76. The second kappa shape index (κ2) is 6.64. The number of hydrogen-bond donors (Lipinski definition) is 2. The van der Waals surface area contributed by atoms with Gasteiger partial charge >= 0.3 is 0 Å². The molecule has 3 nitrogen and oxygen atoms in total. The fraction of sp³-hybridized carbons (Fsp3) is 0.857. The molecule has 0 fully saturated rings. The Morgan fingerprint density at radius 2 is 2.22 bits per heavy atom. The van der Waals surface area contributed by atoms with Crippen LogP contribution in [-0.4, -0.2) is 35.4 Å². The fourth-order valence-corrected chi connectivity index (χ4v) is 2.45. The second-order valence-electron chi connectivity index (χ2n) is 5.34. The first-order valence-electron chi connectivity index (χ1n) is 6.68. The zero-order chi connectivity index (χ0) is 13.8. The molecular formula is C14H25FO3. The van der Waals surface area contributed by atoms with Gasteiger partial charge in [-0.1, -0.05) is 13.0 Å². The smallest absolute Gasteiger partial charge is 0.154 e. The highest BCUT2D eigenvalue weighted by molar-refractivity contribution is 5.18. The maximum Gasteiger partial charge on any atom is 0.154 e. The van der Waals surface area contributed by atoms with Crippen LogP contribution < -0.4 is 0 Å². The van der Waals surface area contributed by atoms with Crippen molar-refractivity contribution in [1.29, 1.82) is 0 Å². The highest BCUT2D eigenvalue weighted by atomic mass is 19.1. The molecular weight excluding hydrogens is 235 g/mol. The molecule has 1 aliphatic rings. The SMILES string of the molecule is CCC(CC1=CCC(OC)CCC1(C)F)C(O)O. The number of alkyl halides is 1. The van der Waals surface area contributed by atoms with Gasteiger partial charge in [0.15, 0.2) is 6.29 Å². The van der Waals surface area contributed by atoms with E-state index >= 15 is 0 Å². The Balaban J connectivity index is 2.78. The van der Waals surface area contributed by atoms with E-state index in [2.05, 4.69) is 0 Å². The molecule has 18 heavy (non-hydrogen) atoms. The van der Waals surface area contributed by atoms with Gasteiger partial charge in [-0.2, -0.15) is 0 Å². The van der Waals surface area contributed by atoms with E-state index < -0.39 is 12.0 Å². The van der Waals surface area contributed by atoms with Gasteiger partial charge in [-0.3, -0.25) is 0 Å². The molecule has 1 aliphatic carbocycles. The number of methoxy groups -OCH3 is 1. The highest BCUT2D eigenvalue weighted by Crippen LogP contribution is 2.36. The van der Waals surface area contributed by atoms with E-state index in [4.69, 9.17) is 4.74 Å². The molecule has 0 amide bonds. The molecule has 0 spiro atoms. The van der Waals surface area contributed by atoms with Crippen LogP contribution in [0.5, 0.6) is 0 Å². The lowest BCUT2D eigenvalue weighted by Crippen LogP contribution is -2.27. The molecule has 3 atom stereocenters. The fourth-order valence-electron chi connectivity index (χ4n) is 2.45. The van der Waals surface area contributed by atoms with Crippen LogP contribution in [0.4, 0.5) is 4.39 Å². The lowest BCUT2D eigenvalue weighted by molar-refractivity contribution is -0.0854. The lowest BCUT2D eigenvalue weighted by atomic mass is 9.85. The van der Waals surface area contributed by atoms with Gasteiger partial charge in [-0.05, 0) is 44.6 Å². The quantitative estimate of drug-likeness (QED) is 0.590. The van der Waals surface area contributed by atoms with E-state index in [0.29, 0.717) is 37.7 Å². The van der Waals surface area contributed by atoms with Crippen LogP contribution in [0.2, 0.25) is 0 Å². The molecule has 0 aromatic heterocycles. The first-order valence-corrected chi connectivity index (χ1v) is 6.68. The number of ether oxygens (including phenoxy) is 1. The van der Waals surface area contributed by atoms with Crippen LogP contribution >= 0.6 is 0 Å². The van der Waals surface area contributed by atoms with E-state index in [-0.39, 0.29) is 12.0 Å². The molecule has 4 heteroatoms. The summed E-state index contributed by atoms with van der Waals surface area (Å²) in [4.78, 5) is 0. The molecule has 0 heterocycles. The van der Waals surface area contributed by atoms with Crippen LogP contribution in [0.3, 0.4) is 0 Å². The van der Waals surface area contributed by atoms with E-state index in [1.165, 1.54) is 0 Å². The predicted octanol–water partition coefficient (Wildman–Crippen LogP) is 2.57. The lowest BCUT2D eigenvalue weighted by Gasteiger charge is -2.27. The van der Waals surface area contributed by atoms with Crippen LogP contribution in [0.25, 0.3) is 0 Å². The Bertz CT molecular complexity index is 287. The van der Waals surface area contributed by atoms with Gasteiger partial charge in [0.2, 0.25) is 0 Å². The summed E-state index contributed by atoms with van der Waals surface area (Å²) in [5, 5.41) is 18.5. The Morgan fingerprint density at radius 1 is 1.56 bits per heavy atom. The topological polar surface area (TPSA) is 49.7 Å². The Hall–Kier alpha value is -0.450. The maximum atomic E-state index is 14.6. The molecule has 0 aromatic carbocycles. The van der Waals surface area contributed by atoms with Crippen molar-refractivity contribution in [2.24, 2.45) is 5.92 Å². The molecule has 1 rings (SSSR count). The molecule has 0 aromatic rings. The minimum absolute atomic E-state index is 0.0664. The van der Waals surface area contributed by atoms with Gasteiger partial charge in [-0.15, -0.1) is 0 Å². The van der Waals surface area contributed by atoms with Crippen LogP contribution in [0, 0.1) is 5.92 Å². The molecule has 0 bridgehead atoms. The van der Waals surface area contributed by atoms with E-state index in [1.807, 2.05) is 13.0 Å². The van der Waals surface area contributed by atoms with Gasteiger partial charge in [-0.25, -0.2) is 4.39 Å².